The van der Waals surface area contributed by atoms with Crippen LogP contribution in [0.25, 0.3) is 5.69 Å². The molecule has 4 rings (SSSR count). The molecule has 2 heterocycles. The molecule has 1 aliphatic rings. The first kappa shape index (κ1) is 17.3. The number of rotatable bonds is 4. The summed E-state index contributed by atoms with van der Waals surface area (Å²) < 4.78 is 20.5. The third kappa shape index (κ3) is 3.43. The van der Waals surface area contributed by atoms with E-state index in [-0.39, 0.29) is 23.7 Å². The van der Waals surface area contributed by atoms with Crippen LogP contribution in [0, 0.1) is 5.82 Å². The van der Waals surface area contributed by atoms with Gasteiger partial charge in [0.15, 0.2) is 0 Å². The Morgan fingerprint density at radius 3 is 2.52 bits per heavy atom. The van der Waals surface area contributed by atoms with Crippen LogP contribution < -0.4 is 10.1 Å². The average molecular weight is 365 g/mol. The number of anilines is 1. The molecule has 1 unspecified atom stereocenters. The van der Waals surface area contributed by atoms with E-state index in [4.69, 9.17) is 4.74 Å². The molecule has 1 amide bonds. The number of carbonyl (C=O) groups is 1. The summed E-state index contributed by atoms with van der Waals surface area (Å²) in [5, 5.41) is 7.32. The van der Waals surface area contributed by atoms with E-state index < -0.39 is 0 Å². The first-order valence-corrected chi connectivity index (χ1v) is 8.91. The van der Waals surface area contributed by atoms with Crippen molar-refractivity contribution in [1.29, 1.82) is 0 Å². The number of halogens is 1. The van der Waals surface area contributed by atoms with E-state index in [0.29, 0.717) is 17.9 Å². The molecule has 1 aliphatic heterocycles. The predicted molar refractivity (Wildman–Crippen MR) is 101 cm³/mol. The summed E-state index contributed by atoms with van der Waals surface area (Å²) in [6, 6.07) is 13.8. The second-order valence-electron chi connectivity index (χ2n) is 6.88. The molecule has 0 aliphatic carbocycles. The molecular weight excluding hydrogens is 345 g/mol. The zero-order valence-corrected chi connectivity index (χ0v) is 15.1. The lowest BCUT2D eigenvalue weighted by Gasteiger charge is -2.24. The normalized spacial score (nSPS) is 16.1. The molecule has 2 aromatic carbocycles. The lowest BCUT2D eigenvalue weighted by atomic mass is 9.87. The quantitative estimate of drug-likeness (QED) is 0.751. The highest BCUT2D eigenvalue weighted by molar-refractivity contribution is 5.94. The lowest BCUT2D eigenvalue weighted by Crippen LogP contribution is -2.24. The highest BCUT2D eigenvalue weighted by Crippen LogP contribution is 2.38. The number of benzene rings is 2. The summed E-state index contributed by atoms with van der Waals surface area (Å²) in [6.45, 7) is 3.96. The zero-order valence-electron chi connectivity index (χ0n) is 15.1. The van der Waals surface area contributed by atoms with Crippen LogP contribution in [0.3, 0.4) is 0 Å². The first-order chi connectivity index (χ1) is 13.0. The Bertz CT molecular complexity index is 962. The molecule has 0 fully saturated rings. The van der Waals surface area contributed by atoms with Gasteiger partial charge in [-0.2, -0.15) is 5.10 Å². The number of fused-ring (bicyclic) bond motifs is 1. The maximum absolute atomic E-state index is 13.2. The molecule has 0 spiro atoms. The Labute approximate surface area is 156 Å². The predicted octanol–water partition coefficient (Wildman–Crippen LogP) is 4.27. The van der Waals surface area contributed by atoms with Gasteiger partial charge in [0, 0.05) is 17.9 Å². The van der Waals surface area contributed by atoms with E-state index in [1.54, 1.807) is 23.0 Å². The highest BCUT2D eigenvalue weighted by atomic mass is 19.1. The van der Waals surface area contributed by atoms with E-state index >= 15 is 0 Å². The molecule has 5 nitrogen and oxygen atoms in total. The average Bonchev–Trinajstić information content (AvgIpc) is 3.05. The van der Waals surface area contributed by atoms with Crippen LogP contribution in [0.15, 0.2) is 54.7 Å². The van der Waals surface area contributed by atoms with Crippen molar-refractivity contribution >= 4 is 11.7 Å². The largest absolute Gasteiger partial charge is 0.491 e. The Morgan fingerprint density at radius 2 is 1.85 bits per heavy atom. The van der Waals surface area contributed by atoms with Gasteiger partial charge in [-0.05, 0) is 55.8 Å². The second kappa shape index (κ2) is 6.87. The van der Waals surface area contributed by atoms with Gasteiger partial charge in [0.25, 0.3) is 0 Å². The minimum atomic E-state index is -0.314. The van der Waals surface area contributed by atoms with Gasteiger partial charge in [0.05, 0.1) is 18.0 Å². The van der Waals surface area contributed by atoms with Crippen LogP contribution in [0.1, 0.15) is 37.3 Å². The van der Waals surface area contributed by atoms with Gasteiger partial charge < -0.3 is 10.1 Å². The number of amides is 1. The first-order valence-electron chi connectivity index (χ1n) is 8.91. The molecule has 0 saturated carbocycles. The molecule has 138 valence electrons. The Morgan fingerprint density at radius 1 is 1.15 bits per heavy atom. The maximum Gasteiger partial charge on any atom is 0.226 e. The highest BCUT2D eigenvalue weighted by Gasteiger charge is 2.30. The van der Waals surface area contributed by atoms with Crippen molar-refractivity contribution in [2.45, 2.75) is 32.3 Å². The molecule has 1 aromatic heterocycles. The van der Waals surface area contributed by atoms with Gasteiger partial charge in [-0.25, -0.2) is 9.07 Å². The third-order valence-corrected chi connectivity index (χ3v) is 4.55. The van der Waals surface area contributed by atoms with Gasteiger partial charge >= 0.3 is 0 Å². The number of nitrogens with one attached hydrogen (secondary N) is 1. The number of nitrogens with zero attached hydrogens (tertiary/aromatic N) is 2. The van der Waals surface area contributed by atoms with Crippen LogP contribution in [0.2, 0.25) is 0 Å². The fourth-order valence-corrected chi connectivity index (χ4v) is 3.35. The fraction of sp³-hybridized carbons (Fsp3) is 0.238. The van der Waals surface area contributed by atoms with Crippen molar-refractivity contribution in [1.82, 2.24) is 9.78 Å². The van der Waals surface area contributed by atoms with Gasteiger partial charge in [-0.3, -0.25) is 4.79 Å². The summed E-state index contributed by atoms with van der Waals surface area (Å²) >= 11 is 0. The molecule has 1 atom stereocenters. The molecule has 0 radical (unpaired) electrons. The minimum Gasteiger partial charge on any atom is -0.491 e. The summed E-state index contributed by atoms with van der Waals surface area (Å²) in [6.07, 6.45) is 2.23. The topological polar surface area (TPSA) is 56.1 Å². The van der Waals surface area contributed by atoms with Crippen LogP contribution in [-0.4, -0.2) is 21.8 Å². The van der Waals surface area contributed by atoms with Crippen LogP contribution >= 0.6 is 0 Å². The molecule has 3 aromatic rings. The molecular formula is C21H20FN3O2. The van der Waals surface area contributed by atoms with Crippen molar-refractivity contribution in [2.75, 3.05) is 5.32 Å². The van der Waals surface area contributed by atoms with Crippen LogP contribution in [0.5, 0.6) is 5.75 Å². The lowest BCUT2D eigenvalue weighted by molar-refractivity contribution is -0.116. The smallest absolute Gasteiger partial charge is 0.226 e. The molecule has 0 saturated heterocycles. The summed E-state index contributed by atoms with van der Waals surface area (Å²) in [5.74, 6) is 0.960. The van der Waals surface area contributed by atoms with Crippen molar-refractivity contribution in [3.63, 3.8) is 0 Å². The van der Waals surface area contributed by atoms with E-state index in [1.807, 2.05) is 38.1 Å². The third-order valence-electron chi connectivity index (χ3n) is 4.55. The summed E-state index contributed by atoms with van der Waals surface area (Å²) in [7, 11) is 0. The standard InChI is InChI=1S/C21H20FN3O2/c1-13(2)27-17-9-3-14(4-10-17)18-11-20(26)24-21-19(18)12-23-25(21)16-7-5-15(22)6-8-16/h3-10,12-13,18H,11H2,1-2H3,(H,24,26). The van der Waals surface area contributed by atoms with E-state index in [2.05, 4.69) is 10.4 Å². The van der Waals surface area contributed by atoms with Crippen LogP contribution in [-0.2, 0) is 4.79 Å². The SMILES string of the molecule is CC(C)Oc1ccc(C2CC(=O)Nc3c2cnn3-c2ccc(F)cc2)cc1. The van der Waals surface area contributed by atoms with Gasteiger partial charge in [-0.15, -0.1) is 0 Å². The van der Waals surface area contributed by atoms with Crippen molar-refractivity contribution in [2.24, 2.45) is 0 Å². The van der Waals surface area contributed by atoms with Crippen molar-refractivity contribution < 1.29 is 13.9 Å². The molecule has 1 N–H and O–H groups in total. The molecule has 27 heavy (non-hydrogen) atoms. The molecule has 6 heteroatoms. The Kier molecular flexibility index (Phi) is 4.39. The number of aromatic nitrogens is 2. The number of carbonyl (C=O) groups excluding carboxylic acids is 1. The number of ether oxygens (including phenoxy) is 1. The Balaban J connectivity index is 1.69. The molecule has 0 bridgehead atoms. The van der Waals surface area contributed by atoms with Crippen molar-refractivity contribution in [3.8, 4) is 11.4 Å². The maximum atomic E-state index is 13.2. The summed E-state index contributed by atoms with van der Waals surface area (Å²) in [5.41, 5.74) is 2.66. The number of hydrogen-bond acceptors (Lipinski definition) is 3. The second-order valence-corrected chi connectivity index (χ2v) is 6.88. The minimum absolute atomic E-state index is 0.0705. The van der Waals surface area contributed by atoms with E-state index in [1.165, 1.54) is 12.1 Å². The summed E-state index contributed by atoms with van der Waals surface area (Å²) in [4.78, 5) is 12.3. The van der Waals surface area contributed by atoms with Crippen molar-refractivity contribution in [3.05, 3.63) is 71.7 Å². The van der Waals surface area contributed by atoms with Gasteiger partial charge in [-0.1, -0.05) is 12.1 Å². The Hall–Kier alpha value is -3.15. The number of hydrogen-bond donors (Lipinski definition) is 1. The monoisotopic (exact) mass is 365 g/mol. The van der Waals surface area contributed by atoms with Crippen LogP contribution in [0.4, 0.5) is 10.2 Å². The fourth-order valence-electron chi connectivity index (χ4n) is 3.35. The van der Waals surface area contributed by atoms with E-state index in [9.17, 15) is 9.18 Å². The zero-order chi connectivity index (χ0) is 19.0. The van der Waals surface area contributed by atoms with Gasteiger partial charge in [0.2, 0.25) is 5.91 Å². The van der Waals surface area contributed by atoms with Gasteiger partial charge in [0.1, 0.15) is 17.4 Å². The van der Waals surface area contributed by atoms with E-state index in [0.717, 1.165) is 16.9 Å².